The van der Waals surface area contributed by atoms with E-state index in [9.17, 15) is 18.3 Å². The van der Waals surface area contributed by atoms with Gasteiger partial charge in [-0.25, -0.2) is 13.1 Å². The van der Waals surface area contributed by atoms with Crippen LogP contribution in [-0.4, -0.2) is 56.9 Å². The van der Waals surface area contributed by atoms with Gasteiger partial charge in [0.1, 0.15) is 12.6 Å². The van der Waals surface area contributed by atoms with Crippen LogP contribution in [0.2, 0.25) is 0 Å². The zero-order valence-electron chi connectivity index (χ0n) is 15.7. The van der Waals surface area contributed by atoms with Gasteiger partial charge in [0.15, 0.2) is 0 Å². The molecule has 1 aliphatic heterocycles. The second-order valence-electron chi connectivity index (χ2n) is 7.73. The number of quaternary nitrogens is 1. The number of nitrogens with one attached hydrogen (secondary N) is 1. The summed E-state index contributed by atoms with van der Waals surface area (Å²) in [6, 6.07) is 3.89. The van der Waals surface area contributed by atoms with E-state index in [0.29, 0.717) is 15.4 Å². The lowest BCUT2D eigenvalue weighted by molar-refractivity contribution is -0.930. The Morgan fingerprint density at radius 2 is 2.00 bits per heavy atom. The number of ether oxygens (including phenoxy) is 1. The number of hydrogen-bond donors (Lipinski definition) is 1. The van der Waals surface area contributed by atoms with E-state index in [1.54, 1.807) is 12.1 Å². The van der Waals surface area contributed by atoms with Crippen molar-refractivity contribution in [1.82, 2.24) is 4.72 Å². The first-order valence-electron chi connectivity index (χ1n) is 8.41. The predicted molar refractivity (Wildman–Crippen MR) is 107 cm³/mol. The van der Waals surface area contributed by atoms with Gasteiger partial charge in [-0.15, -0.1) is 0 Å². The highest BCUT2D eigenvalue weighted by Crippen LogP contribution is 2.37. The Bertz CT molecular complexity index is 825. The number of benzene rings is 1. The average molecular weight is 528 g/mol. The van der Waals surface area contributed by atoms with Crippen molar-refractivity contribution < 1.29 is 27.5 Å². The average Bonchev–Trinajstić information content (AvgIpc) is 2.88. The second kappa shape index (κ2) is 8.08. The Hall–Kier alpha value is -0.520. The maximum absolute atomic E-state index is 12.9. The molecule has 0 saturated carbocycles. The van der Waals surface area contributed by atoms with Crippen LogP contribution in [0.3, 0.4) is 0 Å². The third-order valence-electron chi connectivity index (χ3n) is 5.07. The minimum atomic E-state index is -3.85. The van der Waals surface area contributed by atoms with Gasteiger partial charge >= 0.3 is 0 Å². The van der Waals surface area contributed by atoms with Gasteiger partial charge in [-0.2, -0.15) is 0 Å². The van der Waals surface area contributed by atoms with E-state index in [1.807, 2.05) is 20.8 Å². The first-order chi connectivity index (χ1) is 12.3. The standard InChI is InChI=1S/C17H24Br2N2O5S/c1-17(2,3)21(16(22)23)9-12(8-13(21)10-26-4)20-27(24,25)15-7-11(18)5-6-14(15)19/h5-7,12-13,20H,8-10H2,1-4H3/t12-,13-,21?/m1/s1. The van der Waals surface area contributed by atoms with Crippen molar-refractivity contribution >= 4 is 48.0 Å². The van der Waals surface area contributed by atoms with Crippen molar-refractivity contribution in [2.75, 3.05) is 20.3 Å². The van der Waals surface area contributed by atoms with E-state index < -0.39 is 33.7 Å². The first kappa shape index (κ1) is 22.8. The van der Waals surface area contributed by atoms with Crippen LogP contribution in [0.15, 0.2) is 32.0 Å². The molecule has 10 heteroatoms. The SMILES string of the molecule is COC[C@H]1C[C@@H](NS(=O)(=O)c2cc(Br)ccc2Br)C[N+]1(C(=O)[O-])C(C)(C)C. The van der Waals surface area contributed by atoms with E-state index in [0.717, 1.165) is 0 Å². The maximum atomic E-state index is 12.9. The maximum Gasteiger partial charge on any atom is 0.258 e. The second-order valence-corrected chi connectivity index (χ2v) is 11.2. The number of rotatable bonds is 5. The van der Waals surface area contributed by atoms with E-state index >= 15 is 0 Å². The third kappa shape index (κ3) is 4.40. The van der Waals surface area contributed by atoms with E-state index in [4.69, 9.17) is 4.74 Å². The summed E-state index contributed by atoms with van der Waals surface area (Å²) in [5.41, 5.74) is -0.682. The van der Waals surface area contributed by atoms with E-state index in [-0.39, 0.29) is 22.5 Å². The van der Waals surface area contributed by atoms with Gasteiger partial charge in [0.05, 0.1) is 23.1 Å². The van der Waals surface area contributed by atoms with Crippen LogP contribution >= 0.6 is 31.9 Å². The molecule has 7 nitrogen and oxygen atoms in total. The normalized spacial score (nSPS) is 26.3. The van der Waals surface area contributed by atoms with Gasteiger partial charge < -0.3 is 14.6 Å². The van der Waals surface area contributed by atoms with Gasteiger partial charge in [0.25, 0.3) is 6.09 Å². The van der Waals surface area contributed by atoms with Crippen LogP contribution in [0.4, 0.5) is 4.79 Å². The van der Waals surface area contributed by atoms with Crippen molar-refractivity contribution in [3.05, 3.63) is 27.1 Å². The summed E-state index contributed by atoms with van der Waals surface area (Å²) in [5.74, 6) is 0. The summed E-state index contributed by atoms with van der Waals surface area (Å²) in [4.78, 5) is 12.2. The molecule has 1 amide bonds. The number of halogens is 2. The Morgan fingerprint density at radius 3 is 2.52 bits per heavy atom. The number of methoxy groups -OCH3 is 1. The molecule has 1 aromatic carbocycles. The molecule has 0 aromatic heterocycles. The molecule has 27 heavy (non-hydrogen) atoms. The highest BCUT2D eigenvalue weighted by atomic mass is 79.9. The van der Waals surface area contributed by atoms with Crippen LogP contribution in [0, 0.1) is 0 Å². The quantitative estimate of drug-likeness (QED) is 0.592. The molecule has 1 saturated heterocycles. The van der Waals surface area contributed by atoms with Gasteiger partial charge in [-0.1, -0.05) is 15.9 Å². The fraction of sp³-hybridized carbons (Fsp3) is 0.588. The topological polar surface area (TPSA) is 95.5 Å². The zero-order chi connectivity index (χ0) is 20.6. The number of sulfonamides is 1. The number of carbonyl (C=O) groups is 1. The number of amides is 1. The summed E-state index contributed by atoms with van der Waals surface area (Å²) >= 11 is 6.54. The molecule has 0 aliphatic carbocycles. The molecule has 0 radical (unpaired) electrons. The summed E-state index contributed by atoms with van der Waals surface area (Å²) in [6.45, 7) is 5.72. The highest BCUT2D eigenvalue weighted by molar-refractivity contribution is 9.11. The monoisotopic (exact) mass is 526 g/mol. The van der Waals surface area contributed by atoms with Crippen LogP contribution in [0.5, 0.6) is 0 Å². The molecule has 1 aromatic rings. The molecule has 1 fully saturated rings. The summed E-state index contributed by atoms with van der Waals surface area (Å²) < 4.78 is 34.4. The summed E-state index contributed by atoms with van der Waals surface area (Å²) in [7, 11) is -2.34. The van der Waals surface area contributed by atoms with Crippen LogP contribution in [0.25, 0.3) is 0 Å². The van der Waals surface area contributed by atoms with Crippen LogP contribution < -0.4 is 9.83 Å². The lowest BCUT2D eigenvalue weighted by Crippen LogP contribution is -2.71. The number of likely N-dealkylation sites (tertiary alicyclic amines) is 1. The fourth-order valence-electron chi connectivity index (χ4n) is 3.84. The molecule has 0 spiro atoms. The molecular weight excluding hydrogens is 504 g/mol. The Morgan fingerprint density at radius 1 is 1.37 bits per heavy atom. The molecule has 152 valence electrons. The molecule has 2 rings (SSSR count). The largest absolute Gasteiger partial charge is 0.498 e. The van der Waals surface area contributed by atoms with Crippen molar-refractivity contribution in [1.29, 1.82) is 0 Å². The zero-order valence-corrected chi connectivity index (χ0v) is 19.6. The van der Waals surface area contributed by atoms with Crippen molar-refractivity contribution in [3.63, 3.8) is 0 Å². The molecule has 1 aliphatic rings. The first-order valence-corrected chi connectivity index (χ1v) is 11.5. The predicted octanol–water partition coefficient (Wildman–Crippen LogP) is 2.24. The van der Waals surface area contributed by atoms with Crippen LogP contribution in [0.1, 0.15) is 27.2 Å². The third-order valence-corrected chi connectivity index (χ3v) is 8.08. The van der Waals surface area contributed by atoms with Gasteiger partial charge in [0.2, 0.25) is 10.0 Å². The van der Waals surface area contributed by atoms with Gasteiger partial charge in [0, 0.05) is 22.5 Å². The lowest BCUT2D eigenvalue weighted by Gasteiger charge is -2.49. The van der Waals surface area contributed by atoms with Crippen LogP contribution in [-0.2, 0) is 14.8 Å². The van der Waals surface area contributed by atoms with Gasteiger partial charge in [-0.05, 0) is 54.9 Å². The summed E-state index contributed by atoms with van der Waals surface area (Å²) in [5, 5.41) is 12.2. The molecule has 1 heterocycles. The number of carbonyl (C=O) groups excluding carboxylic acids is 1. The smallest absolute Gasteiger partial charge is 0.258 e. The van der Waals surface area contributed by atoms with Gasteiger partial charge in [-0.3, -0.25) is 4.48 Å². The molecule has 0 bridgehead atoms. The highest BCUT2D eigenvalue weighted by Gasteiger charge is 2.56. The van der Waals surface area contributed by atoms with E-state index in [2.05, 4.69) is 36.6 Å². The molecule has 3 atom stereocenters. The summed E-state index contributed by atoms with van der Waals surface area (Å²) in [6.07, 6.45) is -0.890. The molecular formula is C17H24Br2N2O5S. The number of carboxylic acid groups (broad SMARTS) is 1. The lowest BCUT2D eigenvalue weighted by atomic mass is 10.00. The van der Waals surface area contributed by atoms with E-state index in [1.165, 1.54) is 13.2 Å². The number of nitrogens with zero attached hydrogens (tertiary/aromatic N) is 1. The minimum absolute atomic E-state index is 0.0880. The molecule has 1 N–H and O–H groups in total. The number of hydrogen-bond acceptors (Lipinski definition) is 5. The molecule has 1 unspecified atom stereocenters. The Balaban J connectivity index is 2.38. The van der Waals surface area contributed by atoms with Crippen molar-refractivity contribution in [2.24, 2.45) is 0 Å². The van der Waals surface area contributed by atoms with Crippen molar-refractivity contribution in [2.45, 2.75) is 49.7 Å². The Labute approximate surface area is 177 Å². The fourth-order valence-corrected chi connectivity index (χ4v) is 6.58. The minimum Gasteiger partial charge on any atom is -0.498 e. The Kier molecular flexibility index (Phi) is 6.81. The van der Waals surface area contributed by atoms with Crippen molar-refractivity contribution in [3.8, 4) is 0 Å².